The first kappa shape index (κ1) is 23.4. The molecule has 178 valence electrons. The third-order valence-corrected chi connectivity index (χ3v) is 7.25. The van der Waals surface area contributed by atoms with Crippen LogP contribution in [-0.2, 0) is 15.7 Å². The Morgan fingerprint density at radius 1 is 1.30 bits per heavy atom. The zero-order chi connectivity index (χ0) is 24.0. The van der Waals surface area contributed by atoms with Gasteiger partial charge in [0, 0.05) is 32.2 Å². The van der Waals surface area contributed by atoms with Gasteiger partial charge in [-0.05, 0) is 31.2 Å². The lowest BCUT2D eigenvalue weighted by Crippen LogP contribution is -2.61. The van der Waals surface area contributed by atoms with E-state index < -0.39 is 33.3 Å². The van der Waals surface area contributed by atoms with Crippen LogP contribution < -0.4 is 10.5 Å². The molecule has 33 heavy (non-hydrogen) atoms. The zero-order valence-corrected chi connectivity index (χ0v) is 18.5. The lowest BCUT2D eigenvalue weighted by Gasteiger charge is -2.53. The number of anilines is 1. The molecule has 2 aliphatic heterocycles. The first-order chi connectivity index (χ1) is 15.5. The van der Waals surface area contributed by atoms with Crippen LogP contribution in [0.15, 0.2) is 16.9 Å². The Morgan fingerprint density at radius 2 is 1.97 bits per heavy atom. The van der Waals surface area contributed by atoms with Gasteiger partial charge in [0.15, 0.2) is 5.13 Å². The number of esters is 1. The molecule has 2 aromatic rings. The molecule has 0 saturated carbocycles. The normalized spacial score (nSPS) is 18.4. The van der Waals surface area contributed by atoms with E-state index in [0.717, 1.165) is 37.3 Å². The Labute approximate surface area is 189 Å². The van der Waals surface area contributed by atoms with Crippen molar-refractivity contribution in [1.82, 2.24) is 9.88 Å². The van der Waals surface area contributed by atoms with E-state index in [2.05, 4.69) is 4.98 Å². The monoisotopic (exact) mass is 486 g/mol. The molecular formula is C20H21F3N4O5S. The van der Waals surface area contributed by atoms with Gasteiger partial charge in [-0.1, -0.05) is 11.3 Å². The van der Waals surface area contributed by atoms with Gasteiger partial charge >= 0.3 is 12.1 Å². The number of ether oxygens (including phenoxy) is 1. The highest BCUT2D eigenvalue weighted by atomic mass is 32.1. The Morgan fingerprint density at radius 3 is 2.55 bits per heavy atom. The van der Waals surface area contributed by atoms with Crippen molar-refractivity contribution in [1.29, 1.82) is 0 Å². The Hall–Kier alpha value is -2.80. The summed E-state index contributed by atoms with van der Waals surface area (Å²) >= 11 is 0.856. The fourth-order valence-corrected chi connectivity index (χ4v) is 5.58. The van der Waals surface area contributed by atoms with Crippen LogP contribution in [0.3, 0.4) is 0 Å². The molecule has 0 aliphatic carbocycles. The highest BCUT2D eigenvalue weighted by Gasteiger charge is 2.45. The molecule has 2 saturated heterocycles. The second-order valence-electron chi connectivity index (χ2n) is 8.37. The summed E-state index contributed by atoms with van der Waals surface area (Å²) in [5.41, 5.74) is -2.87. The van der Waals surface area contributed by atoms with Crippen molar-refractivity contribution in [2.75, 3.05) is 44.2 Å². The number of rotatable bonds is 5. The Kier molecular flexibility index (Phi) is 6.03. The zero-order valence-electron chi connectivity index (χ0n) is 17.7. The molecule has 0 atom stereocenters. The van der Waals surface area contributed by atoms with Gasteiger partial charge < -0.3 is 9.64 Å². The Bertz CT molecular complexity index is 1150. The molecule has 0 radical (unpaired) electrons. The first-order valence-corrected chi connectivity index (χ1v) is 11.2. The average molecular weight is 486 g/mol. The molecule has 13 heteroatoms. The summed E-state index contributed by atoms with van der Waals surface area (Å²) in [4.78, 5) is 42.5. The van der Waals surface area contributed by atoms with Crippen LogP contribution in [0.4, 0.5) is 24.0 Å². The topological polar surface area (TPSA) is 106 Å². The van der Waals surface area contributed by atoms with E-state index >= 15 is 0 Å². The summed E-state index contributed by atoms with van der Waals surface area (Å²) in [6.45, 7) is 4.96. The number of fused-ring (bicyclic) bond motifs is 1. The lowest BCUT2D eigenvalue weighted by atomic mass is 9.72. The SMILES string of the molecule is CCOC(=O)CN1CC2(CCN(c3nc(=O)c4cc(C(F)(F)F)cc([N+](=O)[O-])c4s3)CC2)C1. The van der Waals surface area contributed by atoms with Crippen molar-refractivity contribution in [2.45, 2.75) is 25.9 Å². The molecule has 1 aromatic heterocycles. The van der Waals surface area contributed by atoms with Crippen molar-refractivity contribution in [3.05, 3.63) is 38.2 Å². The number of aromatic nitrogens is 1. The second-order valence-corrected chi connectivity index (χ2v) is 9.34. The van der Waals surface area contributed by atoms with E-state index in [-0.39, 0.29) is 27.8 Å². The van der Waals surface area contributed by atoms with Crippen LogP contribution in [0.1, 0.15) is 25.3 Å². The molecule has 2 aliphatic rings. The van der Waals surface area contributed by atoms with E-state index in [4.69, 9.17) is 4.74 Å². The highest BCUT2D eigenvalue weighted by Crippen LogP contribution is 2.43. The maximum absolute atomic E-state index is 13.1. The van der Waals surface area contributed by atoms with Crippen LogP contribution in [-0.4, -0.2) is 60.1 Å². The van der Waals surface area contributed by atoms with Gasteiger partial charge in [0.25, 0.3) is 11.2 Å². The average Bonchev–Trinajstić information content (AvgIpc) is 2.71. The maximum Gasteiger partial charge on any atom is 0.416 e. The molecule has 0 N–H and O–H groups in total. The summed E-state index contributed by atoms with van der Waals surface area (Å²) < 4.78 is 44.2. The van der Waals surface area contributed by atoms with Crippen molar-refractivity contribution in [3.8, 4) is 0 Å². The largest absolute Gasteiger partial charge is 0.465 e. The fraction of sp³-hybridized carbons (Fsp3) is 0.550. The summed E-state index contributed by atoms with van der Waals surface area (Å²) in [6.07, 6.45) is -3.26. The summed E-state index contributed by atoms with van der Waals surface area (Å²) in [6, 6.07) is 1.08. The number of non-ortho nitro benzene ring substituents is 1. The van der Waals surface area contributed by atoms with Gasteiger partial charge in [0.1, 0.15) is 4.70 Å². The number of carbonyl (C=O) groups excluding carboxylic acids is 1. The molecule has 1 aromatic carbocycles. The third kappa shape index (κ3) is 4.64. The van der Waals surface area contributed by atoms with E-state index in [1.54, 1.807) is 6.92 Å². The summed E-state index contributed by atoms with van der Waals surface area (Å²) in [5, 5.41) is 11.3. The molecule has 2 fully saturated rings. The maximum atomic E-state index is 13.1. The fourth-order valence-electron chi connectivity index (χ4n) is 4.47. The molecule has 9 nitrogen and oxygen atoms in total. The van der Waals surface area contributed by atoms with E-state index in [1.165, 1.54) is 0 Å². The minimum Gasteiger partial charge on any atom is -0.465 e. The molecule has 4 rings (SSSR count). The number of nitro benzene ring substituents is 1. The first-order valence-electron chi connectivity index (χ1n) is 10.3. The number of piperidine rings is 1. The third-order valence-electron chi connectivity index (χ3n) is 6.08. The van der Waals surface area contributed by atoms with Crippen LogP contribution in [0, 0.1) is 15.5 Å². The molecule has 1 spiro atoms. The quantitative estimate of drug-likeness (QED) is 0.361. The predicted octanol–water partition coefficient (Wildman–Crippen LogP) is 3.05. The van der Waals surface area contributed by atoms with Crippen molar-refractivity contribution in [3.63, 3.8) is 0 Å². The van der Waals surface area contributed by atoms with Crippen LogP contribution in [0.25, 0.3) is 10.1 Å². The standard InChI is InChI=1S/C20H21F3N4O5S/c1-2-32-15(28)9-25-10-19(11-25)3-5-26(6-4-19)18-24-17(29)13-7-12(20(21,22)23)8-14(27(30)31)16(13)33-18/h7-8H,2-6,9-11H2,1H3. The minimum atomic E-state index is -4.82. The van der Waals surface area contributed by atoms with E-state index in [1.807, 2.05) is 9.80 Å². The van der Waals surface area contributed by atoms with Gasteiger partial charge in [-0.2, -0.15) is 18.2 Å². The number of hydrogen-bond acceptors (Lipinski definition) is 9. The Balaban J connectivity index is 1.52. The smallest absolute Gasteiger partial charge is 0.416 e. The van der Waals surface area contributed by atoms with Crippen LogP contribution in [0.5, 0.6) is 0 Å². The van der Waals surface area contributed by atoms with Gasteiger partial charge in [0.05, 0.1) is 29.0 Å². The van der Waals surface area contributed by atoms with Crippen molar-refractivity contribution in [2.24, 2.45) is 5.41 Å². The van der Waals surface area contributed by atoms with Gasteiger partial charge in [0.2, 0.25) is 0 Å². The summed E-state index contributed by atoms with van der Waals surface area (Å²) in [7, 11) is 0. The minimum absolute atomic E-state index is 0.0540. The molecular weight excluding hydrogens is 465 g/mol. The molecule has 0 unspecified atom stereocenters. The molecule has 0 amide bonds. The number of nitrogens with zero attached hydrogens (tertiary/aromatic N) is 4. The van der Waals surface area contributed by atoms with E-state index in [0.29, 0.717) is 31.8 Å². The van der Waals surface area contributed by atoms with Gasteiger partial charge in [-0.25, -0.2) is 0 Å². The predicted molar refractivity (Wildman–Crippen MR) is 114 cm³/mol. The number of carbonyl (C=O) groups is 1. The molecule has 0 bridgehead atoms. The van der Waals surface area contributed by atoms with Crippen molar-refractivity contribution >= 4 is 38.2 Å². The van der Waals surface area contributed by atoms with Gasteiger partial charge in [-0.3, -0.25) is 24.6 Å². The lowest BCUT2D eigenvalue weighted by molar-refractivity contribution is -0.383. The number of likely N-dealkylation sites (tertiary alicyclic amines) is 1. The van der Waals surface area contributed by atoms with Crippen LogP contribution in [0.2, 0.25) is 0 Å². The number of alkyl halides is 3. The van der Waals surface area contributed by atoms with E-state index in [9.17, 15) is 32.9 Å². The van der Waals surface area contributed by atoms with Gasteiger partial charge in [-0.15, -0.1) is 0 Å². The second kappa shape index (κ2) is 8.52. The van der Waals surface area contributed by atoms with Crippen LogP contribution >= 0.6 is 11.3 Å². The number of nitro groups is 1. The number of hydrogen-bond donors (Lipinski definition) is 0. The number of benzene rings is 1. The highest BCUT2D eigenvalue weighted by molar-refractivity contribution is 7.22. The summed E-state index contributed by atoms with van der Waals surface area (Å²) in [5.74, 6) is -0.259. The molecule has 3 heterocycles. The number of halogens is 3. The van der Waals surface area contributed by atoms with Crippen molar-refractivity contribution < 1.29 is 27.6 Å².